The van der Waals surface area contributed by atoms with Crippen LogP contribution in [-0.2, 0) is 13.1 Å². The molecule has 0 aliphatic rings. The average Bonchev–Trinajstić information content (AvgIpc) is 2.63. The molecule has 0 radical (unpaired) electrons. The molecule has 0 unspecified atom stereocenters. The Bertz CT molecular complexity index is 324. The van der Waals surface area contributed by atoms with E-state index in [-0.39, 0.29) is 5.54 Å². The molecular weight excluding hydrogens is 212 g/mol. The third-order valence-electron chi connectivity index (χ3n) is 2.61. The second-order valence-electron chi connectivity index (χ2n) is 5.62. The number of nitrogens with zero attached hydrogens (tertiary/aromatic N) is 3. The molecule has 1 aromatic rings. The van der Waals surface area contributed by atoms with Gasteiger partial charge in [-0.1, -0.05) is 0 Å². The molecular formula is C13H26N4. The minimum atomic E-state index is 0.202. The molecule has 0 aromatic carbocycles. The monoisotopic (exact) mass is 238 g/mol. The molecule has 1 rings (SSSR count). The van der Waals surface area contributed by atoms with Crippen LogP contribution >= 0.6 is 0 Å². The molecule has 4 heteroatoms. The van der Waals surface area contributed by atoms with Crippen molar-refractivity contribution in [1.82, 2.24) is 20.0 Å². The van der Waals surface area contributed by atoms with Crippen LogP contribution in [0.2, 0.25) is 0 Å². The topological polar surface area (TPSA) is 33.1 Å². The third kappa shape index (κ3) is 5.84. The van der Waals surface area contributed by atoms with Crippen molar-refractivity contribution in [2.75, 3.05) is 20.1 Å². The Hall–Kier alpha value is -0.870. The molecule has 4 nitrogen and oxygen atoms in total. The molecule has 0 spiro atoms. The molecule has 1 N–H and O–H groups in total. The van der Waals surface area contributed by atoms with Crippen molar-refractivity contribution < 1.29 is 0 Å². The molecule has 0 aliphatic heterocycles. The smallest absolute Gasteiger partial charge is 0.0534 e. The maximum absolute atomic E-state index is 4.28. The van der Waals surface area contributed by atoms with E-state index in [0.29, 0.717) is 0 Å². The molecule has 0 bridgehead atoms. The van der Waals surface area contributed by atoms with Crippen molar-refractivity contribution in [1.29, 1.82) is 0 Å². The van der Waals surface area contributed by atoms with E-state index < -0.39 is 0 Å². The fourth-order valence-corrected chi connectivity index (χ4v) is 1.67. The van der Waals surface area contributed by atoms with Crippen LogP contribution in [0, 0.1) is 0 Å². The highest BCUT2D eigenvalue weighted by molar-refractivity contribution is 5.03. The van der Waals surface area contributed by atoms with E-state index in [1.54, 1.807) is 0 Å². The molecule has 98 valence electrons. The second-order valence-corrected chi connectivity index (χ2v) is 5.62. The van der Waals surface area contributed by atoms with E-state index in [1.807, 2.05) is 10.9 Å². The summed E-state index contributed by atoms with van der Waals surface area (Å²) in [4.78, 5) is 2.32. The lowest BCUT2D eigenvalue weighted by atomic mass is 10.1. The van der Waals surface area contributed by atoms with Crippen LogP contribution in [-0.4, -0.2) is 40.4 Å². The van der Waals surface area contributed by atoms with Gasteiger partial charge in [0.15, 0.2) is 0 Å². The van der Waals surface area contributed by atoms with E-state index in [4.69, 9.17) is 0 Å². The van der Waals surface area contributed by atoms with Crippen molar-refractivity contribution in [2.24, 2.45) is 0 Å². The molecule has 0 amide bonds. The van der Waals surface area contributed by atoms with E-state index in [1.165, 1.54) is 5.56 Å². The largest absolute Gasteiger partial charge is 0.311 e. The van der Waals surface area contributed by atoms with Gasteiger partial charge in [0.2, 0.25) is 0 Å². The zero-order valence-electron chi connectivity index (χ0n) is 11.8. The van der Waals surface area contributed by atoms with Crippen molar-refractivity contribution in [3.05, 3.63) is 18.0 Å². The van der Waals surface area contributed by atoms with E-state index in [2.05, 4.69) is 56.3 Å². The van der Waals surface area contributed by atoms with Gasteiger partial charge in [-0.15, -0.1) is 0 Å². The number of aryl methyl sites for hydroxylation is 1. The predicted molar refractivity (Wildman–Crippen MR) is 72.0 cm³/mol. The Labute approximate surface area is 105 Å². The normalized spacial score (nSPS) is 12.4. The molecule has 0 saturated carbocycles. The lowest BCUT2D eigenvalue weighted by Crippen LogP contribution is -2.40. The molecule has 0 saturated heterocycles. The van der Waals surface area contributed by atoms with Gasteiger partial charge in [0.1, 0.15) is 0 Å². The quantitative estimate of drug-likeness (QED) is 0.819. The predicted octanol–water partition coefficient (Wildman–Crippen LogP) is 1.72. The Kier molecular flexibility index (Phi) is 5.15. The van der Waals surface area contributed by atoms with Crippen molar-refractivity contribution in [3.63, 3.8) is 0 Å². The highest BCUT2D eigenvalue weighted by Gasteiger charge is 2.09. The van der Waals surface area contributed by atoms with Gasteiger partial charge in [0, 0.05) is 43.5 Å². The highest BCUT2D eigenvalue weighted by Crippen LogP contribution is 2.02. The zero-order valence-corrected chi connectivity index (χ0v) is 11.8. The van der Waals surface area contributed by atoms with Gasteiger partial charge in [-0.05, 0) is 34.7 Å². The summed E-state index contributed by atoms with van der Waals surface area (Å²) in [6.07, 6.45) is 4.07. The third-order valence-corrected chi connectivity index (χ3v) is 2.61. The molecule has 0 aliphatic carbocycles. The van der Waals surface area contributed by atoms with Gasteiger partial charge in [-0.3, -0.25) is 4.68 Å². The van der Waals surface area contributed by atoms with Gasteiger partial charge >= 0.3 is 0 Å². The highest BCUT2D eigenvalue weighted by atomic mass is 15.3. The fourth-order valence-electron chi connectivity index (χ4n) is 1.67. The lowest BCUT2D eigenvalue weighted by Gasteiger charge is -2.23. The van der Waals surface area contributed by atoms with E-state index in [9.17, 15) is 0 Å². The van der Waals surface area contributed by atoms with Crippen LogP contribution in [0.15, 0.2) is 12.4 Å². The number of aromatic nitrogens is 2. The number of nitrogens with one attached hydrogen (secondary N) is 1. The standard InChI is InChI=1S/C13H26N4/c1-6-17-11-12(9-15-17)10-16(5)8-7-14-13(2,3)4/h9,11,14H,6-8,10H2,1-5H3. The van der Waals surface area contributed by atoms with Crippen LogP contribution < -0.4 is 5.32 Å². The SMILES string of the molecule is CCn1cc(CN(C)CCNC(C)(C)C)cn1. The first-order valence-corrected chi connectivity index (χ1v) is 6.35. The molecule has 17 heavy (non-hydrogen) atoms. The maximum atomic E-state index is 4.28. The fraction of sp³-hybridized carbons (Fsp3) is 0.769. The summed E-state index contributed by atoms with van der Waals surface area (Å²) < 4.78 is 1.97. The average molecular weight is 238 g/mol. The number of likely N-dealkylation sites (N-methyl/N-ethyl adjacent to an activating group) is 1. The summed E-state index contributed by atoms with van der Waals surface area (Å²) in [5, 5.41) is 7.77. The second kappa shape index (κ2) is 6.17. The number of rotatable bonds is 6. The van der Waals surface area contributed by atoms with Crippen LogP contribution in [0.3, 0.4) is 0 Å². The van der Waals surface area contributed by atoms with Gasteiger partial charge in [-0.2, -0.15) is 5.10 Å². The minimum absolute atomic E-state index is 0.202. The minimum Gasteiger partial charge on any atom is -0.311 e. The number of hydrogen-bond donors (Lipinski definition) is 1. The van der Waals surface area contributed by atoms with Gasteiger partial charge in [-0.25, -0.2) is 0 Å². The van der Waals surface area contributed by atoms with Crippen LogP contribution in [0.1, 0.15) is 33.3 Å². The molecule has 1 aromatic heterocycles. The van der Waals surface area contributed by atoms with E-state index in [0.717, 1.165) is 26.2 Å². The Morgan fingerprint density at radius 1 is 1.41 bits per heavy atom. The summed E-state index contributed by atoms with van der Waals surface area (Å²) in [5.41, 5.74) is 1.48. The molecule has 1 heterocycles. The maximum Gasteiger partial charge on any atom is 0.0534 e. The Morgan fingerprint density at radius 2 is 2.12 bits per heavy atom. The lowest BCUT2D eigenvalue weighted by molar-refractivity contribution is 0.303. The Balaban J connectivity index is 2.27. The van der Waals surface area contributed by atoms with Gasteiger partial charge < -0.3 is 10.2 Å². The first-order valence-electron chi connectivity index (χ1n) is 6.35. The summed E-state index contributed by atoms with van der Waals surface area (Å²) >= 11 is 0. The Morgan fingerprint density at radius 3 is 2.65 bits per heavy atom. The molecule has 0 fully saturated rings. The van der Waals surface area contributed by atoms with Crippen molar-refractivity contribution in [2.45, 2.75) is 46.3 Å². The summed E-state index contributed by atoms with van der Waals surface area (Å²) in [5.74, 6) is 0. The van der Waals surface area contributed by atoms with Crippen LogP contribution in [0.5, 0.6) is 0 Å². The van der Waals surface area contributed by atoms with Crippen LogP contribution in [0.25, 0.3) is 0 Å². The van der Waals surface area contributed by atoms with Gasteiger partial charge in [0.05, 0.1) is 6.20 Å². The number of hydrogen-bond acceptors (Lipinski definition) is 3. The van der Waals surface area contributed by atoms with E-state index >= 15 is 0 Å². The first-order chi connectivity index (χ1) is 7.90. The van der Waals surface area contributed by atoms with Crippen molar-refractivity contribution in [3.8, 4) is 0 Å². The first kappa shape index (κ1) is 14.2. The summed E-state index contributed by atoms with van der Waals surface area (Å²) in [7, 11) is 2.15. The van der Waals surface area contributed by atoms with Crippen molar-refractivity contribution >= 4 is 0 Å². The summed E-state index contributed by atoms with van der Waals surface area (Å²) in [6, 6.07) is 0. The zero-order chi connectivity index (χ0) is 12.9. The summed E-state index contributed by atoms with van der Waals surface area (Å²) in [6.45, 7) is 12.7. The molecule has 0 atom stereocenters. The van der Waals surface area contributed by atoms with Crippen LogP contribution in [0.4, 0.5) is 0 Å². The van der Waals surface area contributed by atoms with Gasteiger partial charge in [0.25, 0.3) is 0 Å².